The van der Waals surface area contributed by atoms with Crippen LogP contribution in [0.1, 0.15) is 49.9 Å². The van der Waals surface area contributed by atoms with Crippen LogP contribution in [0, 0.1) is 0 Å². The SMILES string of the molecule is CC1(C)OB(c2ccc3c(c2)-c2ccccc2C32c3ccccc3Oc3ccccc32)OC1(C)C. The lowest BCUT2D eigenvalue weighted by atomic mass is 9.65. The van der Waals surface area contributed by atoms with Gasteiger partial charge in [-0.25, -0.2) is 0 Å². The van der Waals surface area contributed by atoms with Crippen LogP contribution in [0.15, 0.2) is 91.0 Å². The maximum absolute atomic E-state index is 6.41. The summed E-state index contributed by atoms with van der Waals surface area (Å²) in [5.74, 6) is 1.81. The zero-order valence-electron chi connectivity index (χ0n) is 20.5. The summed E-state index contributed by atoms with van der Waals surface area (Å²) in [5.41, 5.74) is 7.21. The third-order valence-electron chi connectivity index (χ3n) is 8.40. The van der Waals surface area contributed by atoms with Crippen LogP contribution >= 0.6 is 0 Å². The van der Waals surface area contributed by atoms with Gasteiger partial charge in [-0.2, -0.15) is 0 Å². The van der Waals surface area contributed by atoms with Gasteiger partial charge in [-0.15, -0.1) is 0 Å². The van der Waals surface area contributed by atoms with Gasteiger partial charge in [0.05, 0.1) is 16.6 Å². The number of para-hydroxylation sites is 2. The Bertz CT molecular complexity index is 1440. The number of ether oxygens (including phenoxy) is 1. The van der Waals surface area contributed by atoms with Crippen molar-refractivity contribution in [1.29, 1.82) is 0 Å². The van der Waals surface area contributed by atoms with Crippen molar-refractivity contribution >= 4 is 12.6 Å². The van der Waals surface area contributed by atoms with Gasteiger partial charge in [-0.3, -0.25) is 0 Å². The summed E-state index contributed by atoms with van der Waals surface area (Å²) in [4.78, 5) is 0. The first-order valence-electron chi connectivity index (χ1n) is 12.3. The van der Waals surface area contributed by atoms with Crippen LogP contribution in [-0.4, -0.2) is 18.3 Å². The Labute approximate surface area is 206 Å². The van der Waals surface area contributed by atoms with Crippen LogP contribution < -0.4 is 10.2 Å². The molecule has 2 heterocycles. The lowest BCUT2D eigenvalue weighted by Crippen LogP contribution is -2.41. The molecule has 3 aliphatic rings. The molecule has 0 bridgehead atoms. The molecule has 4 aromatic carbocycles. The summed E-state index contributed by atoms with van der Waals surface area (Å²) in [5, 5.41) is 0. The highest BCUT2D eigenvalue weighted by molar-refractivity contribution is 6.62. The molecule has 0 unspecified atom stereocenters. The smallest absolute Gasteiger partial charge is 0.457 e. The van der Waals surface area contributed by atoms with E-state index in [2.05, 4.69) is 107 Å². The first-order valence-corrected chi connectivity index (χ1v) is 12.3. The van der Waals surface area contributed by atoms with Crippen LogP contribution in [0.5, 0.6) is 11.5 Å². The maximum atomic E-state index is 6.41. The van der Waals surface area contributed by atoms with E-state index in [1.807, 2.05) is 12.1 Å². The lowest BCUT2D eigenvalue weighted by molar-refractivity contribution is 0.00578. The van der Waals surface area contributed by atoms with Crippen LogP contribution in [-0.2, 0) is 14.7 Å². The van der Waals surface area contributed by atoms with Gasteiger partial charge in [0.2, 0.25) is 0 Å². The standard InChI is InChI=1S/C31H27BO3/c1-29(2)30(3,4)35-32(34-29)20-17-18-24-22(19-20)21-11-5-6-12-23(21)31(24)25-13-7-9-15-27(25)33-28-16-10-8-14-26(28)31/h5-19H,1-4H3. The quantitative estimate of drug-likeness (QED) is 0.265. The van der Waals surface area contributed by atoms with Crippen molar-refractivity contribution in [3.8, 4) is 22.6 Å². The highest BCUT2D eigenvalue weighted by Crippen LogP contribution is 2.61. The fraction of sp³-hybridized carbons (Fsp3) is 0.226. The van der Waals surface area contributed by atoms with Crippen molar-refractivity contribution in [2.24, 2.45) is 0 Å². The maximum Gasteiger partial charge on any atom is 0.494 e. The number of fused-ring (bicyclic) bond motifs is 9. The van der Waals surface area contributed by atoms with Crippen LogP contribution in [0.4, 0.5) is 0 Å². The van der Waals surface area contributed by atoms with Crippen LogP contribution in [0.3, 0.4) is 0 Å². The molecule has 7 rings (SSSR count). The molecule has 172 valence electrons. The van der Waals surface area contributed by atoms with E-state index >= 15 is 0 Å². The highest BCUT2D eigenvalue weighted by Gasteiger charge is 2.54. The second kappa shape index (κ2) is 6.87. The van der Waals surface area contributed by atoms with E-state index in [1.54, 1.807) is 0 Å². The fourth-order valence-corrected chi connectivity index (χ4v) is 6.00. The molecular weight excluding hydrogens is 431 g/mol. The van der Waals surface area contributed by atoms with Gasteiger partial charge in [-0.05, 0) is 67.5 Å². The second-order valence-corrected chi connectivity index (χ2v) is 10.8. The molecule has 1 aliphatic carbocycles. The molecule has 2 aliphatic heterocycles. The van der Waals surface area contributed by atoms with E-state index < -0.39 is 12.5 Å². The number of hydrogen-bond donors (Lipinski definition) is 0. The molecule has 4 heteroatoms. The zero-order chi connectivity index (χ0) is 24.0. The Hall–Kier alpha value is -3.34. The first kappa shape index (κ1) is 21.0. The third kappa shape index (κ3) is 2.64. The summed E-state index contributed by atoms with van der Waals surface area (Å²) < 4.78 is 19.2. The average molecular weight is 458 g/mol. The minimum absolute atomic E-state index is 0.381. The number of hydrogen-bond acceptors (Lipinski definition) is 3. The molecule has 4 aromatic rings. The molecule has 3 nitrogen and oxygen atoms in total. The second-order valence-electron chi connectivity index (χ2n) is 10.8. The summed E-state index contributed by atoms with van der Waals surface area (Å²) >= 11 is 0. The van der Waals surface area contributed by atoms with Gasteiger partial charge in [0.25, 0.3) is 0 Å². The van der Waals surface area contributed by atoms with E-state index in [0.717, 1.165) is 17.0 Å². The van der Waals surface area contributed by atoms with Gasteiger partial charge in [-0.1, -0.05) is 78.9 Å². The van der Waals surface area contributed by atoms with Crippen LogP contribution in [0.25, 0.3) is 11.1 Å². The van der Waals surface area contributed by atoms with Gasteiger partial charge in [0.1, 0.15) is 11.5 Å². The number of rotatable bonds is 1. The average Bonchev–Trinajstić information content (AvgIpc) is 3.26. The normalized spacial score (nSPS) is 19.5. The molecule has 0 N–H and O–H groups in total. The van der Waals surface area contributed by atoms with Crippen molar-refractivity contribution in [2.45, 2.75) is 44.3 Å². The molecule has 1 fully saturated rings. The molecule has 0 radical (unpaired) electrons. The van der Waals surface area contributed by atoms with Crippen molar-refractivity contribution in [3.05, 3.63) is 113 Å². The topological polar surface area (TPSA) is 27.7 Å². The van der Waals surface area contributed by atoms with E-state index in [-0.39, 0.29) is 11.2 Å². The molecular formula is C31H27BO3. The van der Waals surface area contributed by atoms with Crippen molar-refractivity contribution in [1.82, 2.24) is 0 Å². The summed E-state index contributed by atoms with van der Waals surface area (Å²) in [6, 6.07) is 32.4. The molecule has 0 atom stereocenters. The first-order chi connectivity index (χ1) is 16.8. The molecule has 1 saturated heterocycles. The Morgan fingerprint density at radius 2 is 1.06 bits per heavy atom. The van der Waals surface area contributed by atoms with Gasteiger partial charge in [0.15, 0.2) is 0 Å². The number of benzene rings is 4. The summed E-state index contributed by atoms with van der Waals surface area (Å²) in [7, 11) is -0.400. The Kier molecular flexibility index (Phi) is 4.12. The summed E-state index contributed by atoms with van der Waals surface area (Å²) in [6.07, 6.45) is 0. The highest BCUT2D eigenvalue weighted by atomic mass is 16.7. The minimum atomic E-state index is -0.439. The Balaban J connectivity index is 1.51. The molecule has 0 amide bonds. The molecule has 35 heavy (non-hydrogen) atoms. The molecule has 0 saturated carbocycles. The zero-order valence-corrected chi connectivity index (χ0v) is 20.5. The van der Waals surface area contributed by atoms with Gasteiger partial charge >= 0.3 is 7.12 Å². The predicted octanol–water partition coefficient (Wildman–Crippen LogP) is 6.45. The summed E-state index contributed by atoms with van der Waals surface area (Å²) in [6.45, 7) is 8.39. The van der Waals surface area contributed by atoms with Gasteiger partial charge < -0.3 is 14.0 Å². The molecule has 1 spiro atoms. The Morgan fingerprint density at radius 1 is 0.543 bits per heavy atom. The van der Waals surface area contributed by atoms with Crippen molar-refractivity contribution in [2.75, 3.05) is 0 Å². The predicted molar refractivity (Wildman–Crippen MR) is 140 cm³/mol. The fourth-order valence-electron chi connectivity index (χ4n) is 6.00. The minimum Gasteiger partial charge on any atom is -0.457 e. The van der Waals surface area contributed by atoms with E-state index in [1.165, 1.54) is 33.4 Å². The Morgan fingerprint density at radius 3 is 1.69 bits per heavy atom. The monoisotopic (exact) mass is 458 g/mol. The van der Waals surface area contributed by atoms with Gasteiger partial charge in [0, 0.05) is 11.1 Å². The van der Waals surface area contributed by atoms with Crippen molar-refractivity contribution in [3.63, 3.8) is 0 Å². The van der Waals surface area contributed by atoms with Crippen molar-refractivity contribution < 1.29 is 14.0 Å². The molecule has 0 aromatic heterocycles. The van der Waals surface area contributed by atoms with E-state index in [4.69, 9.17) is 14.0 Å². The lowest BCUT2D eigenvalue weighted by Gasteiger charge is -2.39. The third-order valence-corrected chi connectivity index (χ3v) is 8.40. The largest absolute Gasteiger partial charge is 0.494 e. The van der Waals surface area contributed by atoms with E-state index in [0.29, 0.717) is 0 Å². The van der Waals surface area contributed by atoms with E-state index in [9.17, 15) is 0 Å². The van der Waals surface area contributed by atoms with Crippen LogP contribution in [0.2, 0.25) is 0 Å².